The second-order valence-corrected chi connectivity index (χ2v) is 11.5. The molecule has 2 amide bonds. The molecule has 45 heavy (non-hydrogen) atoms. The van der Waals surface area contributed by atoms with Crippen LogP contribution in [0.1, 0.15) is 106 Å². The number of benzene rings is 1. The Kier molecular flexibility index (Phi) is 16.8. The number of alkyl carbamates (subject to hydrolysis) is 1. The molecule has 254 valence electrons. The number of fused-ring (bicyclic) bond motifs is 1. The average molecular weight is 744 g/mol. The second kappa shape index (κ2) is 19.7. The minimum absolute atomic E-state index is 0. The highest BCUT2D eigenvalue weighted by atomic mass is 127. The summed E-state index contributed by atoms with van der Waals surface area (Å²) in [7, 11) is 1.84. The average Bonchev–Trinajstić information content (AvgIpc) is 3.37. The van der Waals surface area contributed by atoms with E-state index in [-0.39, 0.29) is 50.8 Å². The molecule has 1 aromatic carbocycles. The van der Waals surface area contributed by atoms with E-state index in [1.165, 1.54) is 25.3 Å². The standard InChI is InChI=1S/C20H23FN4O.C12H21NO3.C2H6.HI.2H2/c1-5-6-13-10-22-18(23-11-26)9-15(13)14-7-16-19(17(21)8-14)24-25(4)20(16)12(2)3;14-12(13-10-4-2-1-3-5-10)16-11-6-8-15-9-7-11;1-2;;;/h7-12H,5-6H2,1-4H3,(H,22,23,26);10-11H,1-9H2,(H,13,14);1-2H3;3*1H. The van der Waals surface area contributed by atoms with Gasteiger partial charge in [0.2, 0.25) is 6.41 Å². The van der Waals surface area contributed by atoms with Crippen molar-refractivity contribution in [2.75, 3.05) is 18.5 Å². The lowest BCUT2D eigenvalue weighted by atomic mass is 9.96. The van der Waals surface area contributed by atoms with Crippen LogP contribution in [-0.2, 0) is 27.7 Å². The molecule has 0 bridgehead atoms. The number of amides is 2. The fourth-order valence-electron chi connectivity index (χ4n) is 5.87. The number of aromatic nitrogens is 3. The molecule has 1 aliphatic carbocycles. The van der Waals surface area contributed by atoms with Crippen LogP contribution in [0, 0.1) is 5.82 Å². The van der Waals surface area contributed by atoms with Crippen molar-refractivity contribution in [3.8, 4) is 11.1 Å². The lowest BCUT2D eigenvalue weighted by Gasteiger charge is -2.26. The zero-order valence-electron chi connectivity index (χ0n) is 27.7. The zero-order chi connectivity index (χ0) is 32.1. The predicted octanol–water partition coefficient (Wildman–Crippen LogP) is 8.78. The van der Waals surface area contributed by atoms with Gasteiger partial charge in [0.05, 0.1) is 13.2 Å². The Balaban J connectivity index is 0.000000876. The molecule has 0 atom stereocenters. The molecule has 1 saturated heterocycles. The van der Waals surface area contributed by atoms with Crippen molar-refractivity contribution in [2.24, 2.45) is 7.05 Å². The maximum absolute atomic E-state index is 14.8. The summed E-state index contributed by atoms with van der Waals surface area (Å²) < 4.78 is 27.1. The summed E-state index contributed by atoms with van der Waals surface area (Å²) >= 11 is 0. The molecule has 2 aliphatic rings. The molecule has 1 saturated carbocycles. The van der Waals surface area contributed by atoms with Gasteiger partial charge in [-0.25, -0.2) is 14.2 Å². The predicted molar refractivity (Wildman–Crippen MR) is 193 cm³/mol. The Bertz CT molecular complexity index is 1340. The van der Waals surface area contributed by atoms with Crippen molar-refractivity contribution in [1.82, 2.24) is 20.1 Å². The monoisotopic (exact) mass is 743 g/mol. The van der Waals surface area contributed by atoms with Crippen LogP contribution in [0.25, 0.3) is 22.0 Å². The normalized spacial score (nSPS) is 15.2. The van der Waals surface area contributed by atoms with Crippen molar-refractivity contribution < 1.29 is 26.3 Å². The number of ether oxygens (including phenoxy) is 2. The van der Waals surface area contributed by atoms with E-state index in [4.69, 9.17) is 9.47 Å². The van der Waals surface area contributed by atoms with E-state index in [9.17, 15) is 14.0 Å². The van der Waals surface area contributed by atoms with Gasteiger partial charge in [-0.15, -0.1) is 24.0 Å². The van der Waals surface area contributed by atoms with E-state index in [1.807, 2.05) is 27.0 Å². The van der Waals surface area contributed by atoms with Crippen LogP contribution >= 0.6 is 24.0 Å². The third-order valence-corrected chi connectivity index (χ3v) is 7.88. The Morgan fingerprint density at radius 3 is 2.47 bits per heavy atom. The van der Waals surface area contributed by atoms with Gasteiger partial charge in [0.15, 0.2) is 5.82 Å². The van der Waals surface area contributed by atoms with Gasteiger partial charge in [-0.05, 0) is 60.1 Å². The summed E-state index contributed by atoms with van der Waals surface area (Å²) in [5.41, 5.74) is 4.06. The summed E-state index contributed by atoms with van der Waals surface area (Å²) in [6.45, 7) is 11.6. The van der Waals surface area contributed by atoms with Gasteiger partial charge < -0.3 is 20.1 Å². The van der Waals surface area contributed by atoms with E-state index < -0.39 is 0 Å². The first kappa shape index (κ1) is 38.4. The quantitative estimate of drug-likeness (QED) is 0.177. The Labute approximate surface area is 287 Å². The summed E-state index contributed by atoms with van der Waals surface area (Å²) in [5.74, 6) is 0.328. The van der Waals surface area contributed by atoms with Gasteiger partial charge in [-0.1, -0.05) is 60.3 Å². The van der Waals surface area contributed by atoms with Gasteiger partial charge in [0.1, 0.15) is 17.4 Å². The molecule has 0 spiro atoms. The van der Waals surface area contributed by atoms with Crippen LogP contribution in [0.15, 0.2) is 24.4 Å². The number of pyridine rings is 1. The summed E-state index contributed by atoms with van der Waals surface area (Å²) in [5, 5.41) is 10.7. The van der Waals surface area contributed by atoms with Crippen LogP contribution in [-0.4, -0.2) is 52.6 Å². The van der Waals surface area contributed by atoms with E-state index >= 15 is 0 Å². The number of nitrogens with zero attached hydrogens (tertiary/aromatic N) is 3. The molecule has 11 heteroatoms. The number of carbonyl (C=O) groups is 2. The Morgan fingerprint density at radius 1 is 1.16 bits per heavy atom. The number of halogens is 2. The van der Waals surface area contributed by atoms with Gasteiger partial charge in [-0.2, -0.15) is 5.10 Å². The molecule has 3 heterocycles. The van der Waals surface area contributed by atoms with Crippen LogP contribution in [0.5, 0.6) is 0 Å². The lowest BCUT2D eigenvalue weighted by Crippen LogP contribution is -2.39. The molecular weight excluding hydrogens is 688 g/mol. The summed E-state index contributed by atoms with van der Waals surface area (Å²) in [6.07, 6.45) is 11.5. The molecule has 2 aromatic heterocycles. The van der Waals surface area contributed by atoms with Crippen LogP contribution in [0.2, 0.25) is 0 Å². The molecule has 9 nitrogen and oxygen atoms in total. The highest BCUT2D eigenvalue weighted by Gasteiger charge is 2.21. The van der Waals surface area contributed by atoms with E-state index in [1.54, 1.807) is 16.9 Å². The van der Waals surface area contributed by atoms with Gasteiger partial charge in [0, 0.05) is 46.1 Å². The van der Waals surface area contributed by atoms with Gasteiger partial charge >= 0.3 is 6.09 Å². The fourth-order valence-corrected chi connectivity index (χ4v) is 5.87. The number of carbonyl (C=O) groups excluding carboxylic acids is 2. The van der Waals surface area contributed by atoms with E-state index in [0.717, 1.165) is 66.3 Å². The second-order valence-electron chi connectivity index (χ2n) is 11.5. The summed E-state index contributed by atoms with van der Waals surface area (Å²) in [6, 6.07) is 5.63. The minimum Gasteiger partial charge on any atom is -0.446 e. The molecule has 5 rings (SSSR count). The van der Waals surface area contributed by atoms with Crippen molar-refractivity contribution in [3.05, 3.63) is 41.5 Å². The first-order valence-corrected chi connectivity index (χ1v) is 16.2. The highest BCUT2D eigenvalue weighted by molar-refractivity contribution is 14.0. The van der Waals surface area contributed by atoms with E-state index in [2.05, 4.69) is 41.5 Å². The third-order valence-electron chi connectivity index (χ3n) is 7.88. The Morgan fingerprint density at radius 2 is 1.84 bits per heavy atom. The van der Waals surface area contributed by atoms with Gasteiger partial charge in [-0.3, -0.25) is 9.48 Å². The van der Waals surface area contributed by atoms with Crippen molar-refractivity contribution in [1.29, 1.82) is 0 Å². The number of nitrogens with one attached hydrogen (secondary N) is 2. The van der Waals surface area contributed by atoms with Crippen molar-refractivity contribution >= 4 is 53.2 Å². The van der Waals surface area contributed by atoms with Crippen molar-refractivity contribution in [2.45, 2.75) is 110 Å². The molecule has 3 aromatic rings. The largest absolute Gasteiger partial charge is 0.446 e. The number of aryl methyl sites for hydroxylation is 2. The van der Waals surface area contributed by atoms with Crippen LogP contribution in [0.4, 0.5) is 15.0 Å². The third kappa shape index (κ3) is 10.9. The number of hydrogen-bond donors (Lipinski definition) is 2. The van der Waals surface area contributed by atoms with Crippen molar-refractivity contribution in [3.63, 3.8) is 0 Å². The smallest absolute Gasteiger partial charge is 0.407 e. The first-order chi connectivity index (χ1) is 21.3. The number of anilines is 1. The van der Waals surface area contributed by atoms with Crippen LogP contribution in [0.3, 0.4) is 0 Å². The first-order valence-electron chi connectivity index (χ1n) is 16.2. The minimum atomic E-state index is -0.343. The Hall–Kier alpha value is -2.80. The highest BCUT2D eigenvalue weighted by Crippen LogP contribution is 2.34. The zero-order valence-corrected chi connectivity index (χ0v) is 30.0. The molecule has 0 radical (unpaired) electrons. The molecule has 1 aliphatic heterocycles. The molecule has 2 N–H and O–H groups in total. The fraction of sp³-hybridized carbons (Fsp3) is 0.588. The number of rotatable bonds is 8. The van der Waals surface area contributed by atoms with Crippen LogP contribution < -0.4 is 10.6 Å². The van der Waals surface area contributed by atoms with Gasteiger partial charge in [0.25, 0.3) is 0 Å². The summed E-state index contributed by atoms with van der Waals surface area (Å²) in [4.78, 5) is 26.6. The molecular formula is C34H55FIN5O4. The SMILES string of the molecule is CC.CCCc1cnc(NC=O)cc1-c1cc(F)c2nn(C)c(C(C)C)c2c1.I.O=C(NC1CCCCC1)OC1CCOCC1.[HH].[HH]. The maximum atomic E-state index is 14.8. The topological polar surface area (TPSA) is 107 Å². The molecule has 0 unspecified atom stereocenters. The molecule has 2 fully saturated rings. The maximum Gasteiger partial charge on any atom is 0.407 e. The van der Waals surface area contributed by atoms with E-state index in [0.29, 0.717) is 37.0 Å². The number of hydrogen-bond acceptors (Lipinski definition) is 6. The lowest BCUT2D eigenvalue weighted by molar-refractivity contribution is -0.105.